The molecular formula is C12H13ClF3N3. The Hall–Kier alpha value is -1.27. The minimum atomic E-state index is -4.22. The zero-order valence-corrected chi connectivity index (χ0v) is 11.0. The summed E-state index contributed by atoms with van der Waals surface area (Å²) in [5.41, 5.74) is 1.56. The molecule has 0 atom stereocenters. The highest BCUT2D eigenvalue weighted by Crippen LogP contribution is 2.21. The fraction of sp³-hybridized carbons (Fsp3) is 0.417. The number of halogens is 4. The first-order chi connectivity index (χ1) is 8.90. The number of aryl methyl sites for hydroxylation is 1. The highest BCUT2D eigenvalue weighted by atomic mass is 35.5. The van der Waals surface area contributed by atoms with Crippen molar-refractivity contribution in [3.05, 3.63) is 29.0 Å². The minimum Gasteiger partial charge on any atom is -0.327 e. The maximum absolute atomic E-state index is 12.1. The third-order valence-corrected chi connectivity index (χ3v) is 2.95. The van der Waals surface area contributed by atoms with Crippen LogP contribution in [-0.4, -0.2) is 22.3 Å². The molecule has 0 spiro atoms. The molecule has 1 aromatic carbocycles. The van der Waals surface area contributed by atoms with Gasteiger partial charge in [-0.05, 0) is 25.1 Å². The zero-order chi connectivity index (χ0) is 14.0. The van der Waals surface area contributed by atoms with Gasteiger partial charge in [0.2, 0.25) is 0 Å². The molecule has 1 N–H and O–H groups in total. The first-order valence-corrected chi connectivity index (χ1v) is 6.20. The lowest BCUT2D eigenvalue weighted by Gasteiger charge is -2.09. The average molecular weight is 292 g/mol. The number of imidazole rings is 1. The van der Waals surface area contributed by atoms with E-state index in [0.717, 1.165) is 5.52 Å². The quantitative estimate of drug-likeness (QED) is 0.936. The first-order valence-electron chi connectivity index (χ1n) is 5.83. The van der Waals surface area contributed by atoms with Crippen molar-refractivity contribution in [2.24, 2.45) is 0 Å². The van der Waals surface area contributed by atoms with Crippen molar-refractivity contribution in [1.29, 1.82) is 0 Å². The van der Waals surface area contributed by atoms with Crippen LogP contribution in [0.4, 0.5) is 13.2 Å². The molecule has 0 saturated heterocycles. The Bertz CT molecular complexity index is 577. The Morgan fingerprint density at radius 1 is 1.37 bits per heavy atom. The van der Waals surface area contributed by atoms with E-state index in [4.69, 9.17) is 11.6 Å². The van der Waals surface area contributed by atoms with Gasteiger partial charge in [-0.25, -0.2) is 4.98 Å². The van der Waals surface area contributed by atoms with E-state index in [1.165, 1.54) is 0 Å². The molecule has 1 aromatic heterocycles. The smallest absolute Gasteiger partial charge is 0.327 e. The summed E-state index contributed by atoms with van der Waals surface area (Å²) in [7, 11) is 0. The summed E-state index contributed by atoms with van der Waals surface area (Å²) in [4.78, 5) is 4.31. The number of nitrogens with one attached hydrogen (secondary N) is 1. The number of nitrogens with zero attached hydrogens (tertiary/aromatic N) is 2. The van der Waals surface area contributed by atoms with Crippen molar-refractivity contribution in [2.75, 3.05) is 6.54 Å². The van der Waals surface area contributed by atoms with Crippen molar-refractivity contribution in [3.63, 3.8) is 0 Å². The van der Waals surface area contributed by atoms with E-state index in [0.29, 0.717) is 22.9 Å². The van der Waals surface area contributed by atoms with E-state index in [2.05, 4.69) is 10.3 Å². The molecule has 1 heterocycles. The largest absolute Gasteiger partial charge is 0.401 e. The van der Waals surface area contributed by atoms with Crippen LogP contribution in [0.3, 0.4) is 0 Å². The Labute approximate surface area is 113 Å². The van der Waals surface area contributed by atoms with E-state index >= 15 is 0 Å². The van der Waals surface area contributed by atoms with Crippen LogP contribution in [0.25, 0.3) is 11.0 Å². The fourth-order valence-corrected chi connectivity index (χ4v) is 2.12. The molecule has 2 rings (SSSR count). The van der Waals surface area contributed by atoms with Crippen molar-refractivity contribution >= 4 is 22.6 Å². The Morgan fingerprint density at radius 2 is 2.11 bits per heavy atom. The molecule has 19 heavy (non-hydrogen) atoms. The highest BCUT2D eigenvalue weighted by Gasteiger charge is 2.26. The molecule has 7 heteroatoms. The summed E-state index contributed by atoms with van der Waals surface area (Å²) < 4.78 is 38.1. The summed E-state index contributed by atoms with van der Waals surface area (Å²) in [6.07, 6.45) is -4.22. The van der Waals surface area contributed by atoms with Gasteiger partial charge >= 0.3 is 6.18 Å². The molecule has 3 nitrogen and oxygen atoms in total. The van der Waals surface area contributed by atoms with Crippen LogP contribution in [0.2, 0.25) is 5.02 Å². The van der Waals surface area contributed by atoms with Gasteiger partial charge in [-0.1, -0.05) is 11.6 Å². The second-order valence-electron chi connectivity index (χ2n) is 4.12. The van der Waals surface area contributed by atoms with Gasteiger partial charge in [-0.2, -0.15) is 13.2 Å². The summed E-state index contributed by atoms with van der Waals surface area (Å²) in [6, 6.07) is 5.27. The molecule has 0 unspecified atom stereocenters. The van der Waals surface area contributed by atoms with E-state index in [1.807, 2.05) is 17.6 Å². The molecule has 0 fully saturated rings. The van der Waals surface area contributed by atoms with E-state index in [1.54, 1.807) is 12.1 Å². The van der Waals surface area contributed by atoms with E-state index in [-0.39, 0.29) is 6.54 Å². The molecule has 0 bridgehead atoms. The normalized spacial score (nSPS) is 12.3. The van der Waals surface area contributed by atoms with Crippen molar-refractivity contribution in [3.8, 4) is 0 Å². The van der Waals surface area contributed by atoms with Gasteiger partial charge in [-0.15, -0.1) is 0 Å². The molecule has 0 aliphatic rings. The van der Waals surface area contributed by atoms with Crippen LogP contribution in [0.1, 0.15) is 12.7 Å². The minimum absolute atomic E-state index is 0.0691. The number of alkyl halides is 3. The zero-order valence-electron chi connectivity index (χ0n) is 10.3. The van der Waals surface area contributed by atoms with Crippen LogP contribution in [0, 0.1) is 0 Å². The van der Waals surface area contributed by atoms with Crippen LogP contribution in [-0.2, 0) is 13.1 Å². The summed E-state index contributed by atoms with van der Waals surface area (Å²) >= 11 is 5.87. The lowest BCUT2D eigenvalue weighted by Crippen LogP contribution is -2.29. The topological polar surface area (TPSA) is 29.9 Å². The summed E-state index contributed by atoms with van der Waals surface area (Å²) in [5.74, 6) is 0.573. The van der Waals surface area contributed by atoms with E-state index < -0.39 is 12.7 Å². The maximum atomic E-state index is 12.1. The van der Waals surface area contributed by atoms with Crippen molar-refractivity contribution < 1.29 is 13.2 Å². The van der Waals surface area contributed by atoms with Crippen LogP contribution in [0.15, 0.2) is 18.2 Å². The average Bonchev–Trinajstić information content (AvgIpc) is 2.63. The number of aromatic nitrogens is 2. The first kappa shape index (κ1) is 14.1. The predicted octanol–water partition coefficient (Wildman–Crippen LogP) is 3.36. The number of hydrogen-bond donors (Lipinski definition) is 1. The second kappa shape index (κ2) is 5.38. The molecule has 0 amide bonds. The molecular weight excluding hydrogens is 279 g/mol. The Kier molecular flexibility index (Phi) is 4.01. The Balaban J connectivity index is 2.22. The third kappa shape index (κ3) is 3.39. The summed E-state index contributed by atoms with van der Waals surface area (Å²) in [5, 5.41) is 2.91. The highest BCUT2D eigenvalue weighted by molar-refractivity contribution is 6.31. The van der Waals surface area contributed by atoms with Crippen LogP contribution < -0.4 is 5.32 Å². The number of rotatable bonds is 4. The monoisotopic (exact) mass is 291 g/mol. The summed E-state index contributed by atoms with van der Waals surface area (Å²) in [6.45, 7) is 1.60. The SMILES string of the molecule is CCn1c(CNCC(F)(F)F)nc2cc(Cl)ccc21. The van der Waals surface area contributed by atoms with E-state index in [9.17, 15) is 13.2 Å². The second-order valence-corrected chi connectivity index (χ2v) is 4.56. The molecule has 0 saturated carbocycles. The Morgan fingerprint density at radius 3 is 2.74 bits per heavy atom. The predicted molar refractivity (Wildman–Crippen MR) is 68.2 cm³/mol. The van der Waals surface area contributed by atoms with Gasteiger partial charge in [0.25, 0.3) is 0 Å². The van der Waals surface area contributed by atoms with Gasteiger partial charge in [-0.3, -0.25) is 0 Å². The lowest BCUT2D eigenvalue weighted by molar-refractivity contribution is -0.125. The third-order valence-electron chi connectivity index (χ3n) is 2.71. The van der Waals surface area contributed by atoms with Gasteiger partial charge in [0.1, 0.15) is 5.82 Å². The fourth-order valence-electron chi connectivity index (χ4n) is 1.96. The van der Waals surface area contributed by atoms with Gasteiger partial charge < -0.3 is 9.88 Å². The van der Waals surface area contributed by atoms with Gasteiger partial charge in [0, 0.05) is 11.6 Å². The van der Waals surface area contributed by atoms with Gasteiger partial charge in [0.15, 0.2) is 0 Å². The lowest BCUT2D eigenvalue weighted by atomic mass is 10.3. The molecule has 0 aliphatic carbocycles. The molecule has 0 radical (unpaired) electrons. The maximum Gasteiger partial charge on any atom is 0.401 e. The van der Waals surface area contributed by atoms with Crippen LogP contribution >= 0.6 is 11.6 Å². The number of benzene rings is 1. The molecule has 2 aromatic rings. The molecule has 104 valence electrons. The molecule has 0 aliphatic heterocycles. The number of hydrogen-bond acceptors (Lipinski definition) is 2. The van der Waals surface area contributed by atoms with Gasteiger partial charge in [0.05, 0.1) is 24.1 Å². The van der Waals surface area contributed by atoms with Crippen molar-refractivity contribution in [1.82, 2.24) is 14.9 Å². The number of fused-ring (bicyclic) bond motifs is 1. The van der Waals surface area contributed by atoms with Crippen molar-refractivity contribution in [2.45, 2.75) is 26.2 Å². The standard InChI is InChI=1S/C12H13ClF3N3/c1-2-19-10-4-3-8(13)5-9(10)18-11(19)6-17-7-12(14,15)16/h3-5,17H,2,6-7H2,1H3. The van der Waals surface area contributed by atoms with Crippen LogP contribution in [0.5, 0.6) is 0 Å².